The number of unbranched alkanes of at least 4 members (excludes halogenated alkanes) is 1. The molecular weight excluding hydrogens is 260 g/mol. The van der Waals surface area contributed by atoms with Crippen LogP contribution in [0, 0.1) is 6.92 Å². The molecule has 2 rings (SSSR count). The van der Waals surface area contributed by atoms with Gasteiger partial charge in [0.2, 0.25) is 0 Å². The third-order valence-electron chi connectivity index (χ3n) is 3.63. The second kappa shape index (κ2) is 7.16. The lowest BCUT2D eigenvalue weighted by molar-refractivity contribution is 0.560. The zero-order valence-electron chi connectivity index (χ0n) is 13.6. The third kappa shape index (κ3) is 4.25. The normalized spacial score (nSPS) is 10.7. The molecule has 0 amide bonds. The quantitative estimate of drug-likeness (QED) is 0.843. The van der Waals surface area contributed by atoms with Gasteiger partial charge < -0.3 is 10.2 Å². The Hall–Kier alpha value is -1.97. The summed E-state index contributed by atoms with van der Waals surface area (Å²) in [7, 11) is 4.11. The lowest BCUT2D eigenvalue weighted by Crippen LogP contribution is -2.08. The molecule has 0 unspecified atom stereocenters. The molecule has 1 heterocycles. The van der Waals surface area contributed by atoms with E-state index >= 15 is 0 Å². The Labute approximate surface area is 127 Å². The molecule has 0 atom stereocenters. The molecule has 1 aromatic carbocycles. The van der Waals surface area contributed by atoms with E-state index in [-0.39, 0.29) is 0 Å². The van der Waals surface area contributed by atoms with E-state index in [4.69, 9.17) is 0 Å². The SMILES string of the molecule is CCCCn1nc(NCc2ccc(N(C)C)cc2)cc1C. The van der Waals surface area contributed by atoms with Crippen molar-refractivity contribution in [2.24, 2.45) is 0 Å². The summed E-state index contributed by atoms with van der Waals surface area (Å²) >= 11 is 0. The summed E-state index contributed by atoms with van der Waals surface area (Å²) in [4.78, 5) is 2.11. The minimum absolute atomic E-state index is 0.804. The van der Waals surface area contributed by atoms with Gasteiger partial charge in [-0.1, -0.05) is 25.5 Å². The molecule has 2 aromatic rings. The zero-order chi connectivity index (χ0) is 15.2. The number of rotatable bonds is 7. The van der Waals surface area contributed by atoms with Crippen molar-refractivity contribution in [1.82, 2.24) is 9.78 Å². The van der Waals surface area contributed by atoms with Crippen molar-refractivity contribution in [3.8, 4) is 0 Å². The molecule has 0 radical (unpaired) electrons. The second-order valence-corrected chi connectivity index (χ2v) is 5.66. The van der Waals surface area contributed by atoms with Crippen LogP contribution in [0.3, 0.4) is 0 Å². The van der Waals surface area contributed by atoms with Gasteiger partial charge in [0.05, 0.1) is 0 Å². The van der Waals surface area contributed by atoms with Crippen molar-refractivity contribution in [2.75, 3.05) is 24.3 Å². The minimum Gasteiger partial charge on any atom is -0.378 e. The van der Waals surface area contributed by atoms with Crippen molar-refractivity contribution in [2.45, 2.75) is 39.8 Å². The van der Waals surface area contributed by atoms with Gasteiger partial charge in [0.25, 0.3) is 0 Å². The Morgan fingerprint density at radius 3 is 2.52 bits per heavy atom. The number of hydrogen-bond acceptors (Lipinski definition) is 3. The Balaban J connectivity index is 1.93. The van der Waals surface area contributed by atoms with Crippen LogP contribution in [0.25, 0.3) is 0 Å². The van der Waals surface area contributed by atoms with E-state index in [2.05, 4.69) is 78.3 Å². The molecule has 1 aromatic heterocycles. The van der Waals surface area contributed by atoms with Crippen molar-refractivity contribution in [3.63, 3.8) is 0 Å². The van der Waals surface area contributed by atoms with E-state index in [1.165, 1.54) is 29.8 Å². The first kappa shape index (κ1) is 15.4. The van der Waals surface area contributed by atoms with Crippen molar-refractivity contribution in [1.29, 1.82) is 0 Å². The van der Waals surface area contributed by atoms with Crippen LogP contribution in [0.15, 0.2) is 30.3 Å². The summed E-state index contributed by atoms with van der Waals surface area (Å²) in [6.07, 6.45) is 2.37. The van der Waals surface area contributed by atoms with Crippen molar-refractivity contribution in [3.05, 3.63) is 41.6 Å². The van der Waals surface area contributed by atoms with Crippen molar-refractivity contribution < 1.29 is 0 Å². The maximum absolute atomic E-state index is 4.61. The van der Waals surface area contributed by atoms with Gasteiger partial charge in [-0.3, -0.25) is 4.68 Å². The van der Waals surface area contributed by atoms with Crippen LogP contribution in [-0.4, -0.2) is 23.9 Å². The first-order chi connectivity index (χ1) is 10.1. The number of nitrogens with one attached hydrogen (secondary N) is 1. The molecule has 0 aliphatic rings. The van der Waals surface area contributed by atoms with Crippen LogP contribution >= 0.6 is 0 Å². The van der Waals surface area contributed by atoms with E-state index in [1.807, 2.05) is 0 Å². The monoisotopic (exact) mass is 286 g/mol. The molecule has 4 nitrogen and oxygen atoms in total. The van der Waals surface area contributed by atoms with E-state index in [0.29, 0.717) is 0 Å². The van der Waals surface area contributed by atoms with Crippen LogP contribution in [0.2, 0.25) is 0 Å². The molecule has 21 heavy (non-hydrogen) atoms. The molecular formula is C17H26N4. The van der Waals surface area contributed by atoms with E-state index < -0.39 is 0 Å². The van der Waals surface area contributed by atoms with Gasteiger partial charge >= 0.3 is 0 Å². The van der Waals surface area contributed by atoms with Crippen LogP contribution < -0.4 is 10.2 Å². The summed E-state index contributed by atoms with van der Waals surface area (Å²) < 4.78 is 2.08. The summed E-state index contributed by atoms with van der Waals surface area (Å²) in [6, 6.07) is 10.7. The van der Waals surface area contributed by atoms with Crippen molar-refractivity contribution >= 4 is 11.5 Å². The Kier molecular flexibility index (Phi) is 5.26. The number of aromatic nitrogens is 2. The van der Waals surface area contributed by atoms with Gasteiger partial charge in [-0.2, -0.15) is 5.10 Å². The third-order valence-corrected chi connectivity index (χ3v) is 3.63. The molecule has 114 valence electrons. The highest BCUT2D eigenvalue weighted by molar-refractivity contribution is 5.46. The molecule has 1 N–H and O–H groups in total. The number of aryl methyl sites for hydroxylation is 2. The van der Waals surface area contributed by atoms with Crippen LogP contribution in [0.1, 0.15) is 31.0 Å². The Morgan fingerprint density at radius 1 is 1.19 bits per heavy atom. The Bertz CT molecular complexity index is 555. The van der Waals surface area contributed by atoms with Gasteiger partial charge in [-0.25, -0.2) is 0 Å². The Morgan fingerprint density at radius 2 is 1.90 bits per heavy atom. The molecule has 0 aliphatic carbocycles. The number of anilines is 2. The molecule has 0 saturated heterocycles. The summed E-state index contributed by atoms with van der Waals surface area (Å²) in [6.45, 7) is 6.12. The molecule has 0 bridgehead atoms. The molecule has 0 fully saturated rings. The average Bonchev–Trinajstić information content (AvgIpc) is 2.83. The number of hydrogen-bond donors (Lipinski definition) is 1. The highest BCUT2D eigenvalue weighted by Crippen LogP contribution is 2.14. The predicted molar refractivity (Wildman–Crippen MR) is 90.0 cm³/mol. The average molecular weight is 286 g/mol. The fourth-order valence-electron chi connectivity index (χ4n) is 2.24. The fourth-order valence-corrected chi connectivity index (χ4v) is 2.24. The highest BCUT2D eigenvalue weighted by atomic mass is 15.3. The van der Waals surface area contributed by atoms with E-state index in [9.17, 15) is 0 Å². The fraction of sp³-hybridized carbons (Fsp3) is 0.471. The highest BCUT2D eigenvalue weighted by Gasteiger charge is 2.03. The number of nitrogens with zero attached hydrogens (tertiary/aromatic N) is 3. The smallest absolute Gasteiger partial charge is 0.148 e. The first-order valence-electron chi connectivity index (χ1n) is 7.64. The predicted octanol–water partition coefficient (Wildman–Crippen LogP) is 3.67. The van der Waals surface area contributed by atoms with Gasteiger partial charge in [-0.15, -0.1) is 0 Å². The first-order valence-corrected chi connectivity index (χ1v) is 7.64. The standard InChI is InChI=1S/C17H26N4/c1-5-6-11-21-14(2)12-17(19-21)18-13-15-7-9-16(10-8-15)20(3)4/h7-10,12H,5-6,11,13H2,1-4H3,(H,18,19). The van der Waals surface area contributed by atoms with Gasteiger partial charge in [0.1, 0.15) is 5.82 Å². The van der Waals surface area contributed by atoms with Gasteiger partial charge in [-0.05, 0) is 31.0 Å². The number of benzene rings is 1. The second-order valence-electron chi connectivity index (χ2n) is 5.66. The van der Waals surface area contributed by atoms with Gasteiger partial charge in [0.15, 0.2) is 0 Å². The molecule has 0 aliphatic heterocycles. The molecule has 4 heteroatoms. The maximum Gasteiger partial charge on any atom is 0.148 e. The van der Waals surface area contributed by atoms with E-state index in [1.54, 1.807) is 0 Å². The minimum atomic E-state index is 0.804. The lowest BCUT2D eigenvalue weighted by Gasteiger charge is -2.12. The molecule has 0 spiro atoms. The summed E-state index contributed by atoms with van der Waals surface area (Å²) in [5.41, 5.74) is 3.70. The zero-order valence-corrected chi connectivity index (χ0v) is 13.6. The van der Waals surface area contributed by atoms with E-state index in [0.717, 1.165) is 18.9 Å². The lowest BCUT2D eigenvalue weighted by atomic mass is 10.2. The van der Waals surface area contributed by atoms with Crippen LogP contribution in [0.5, 0.6) is 0 Å². The maximum atomic E-state index is 4.61. The largest absolute Gasteiger partial charge is 0.378 e. The topological polar surface area (TPSA) is 33.1 Å². The van der Waals surface area contributed by atoms with Gasteiger partial charge in [0, 0.05) is 44.6 Å². The van der Waals surface area contributed by atoms with Crippen LogP contribution in [-0.2, 0) is 13.1 Å². The molecule has 0 saturated carbocycles. The van der Waals surface area contributed by atoms with Crippen LogP contribution in [0.4, 0.5) is 11.5 Å². The summed E-state index contributed by atoms with van der Waals surface area (Å²) in [5.74, 6) is 0.959. The summed E-state index contributed by atoms with van der Waals surface area (Å²) in [5, 5.41) is 8.01.